The highest BCUT2D eigenvalue weighted by Crippen LogP contribution is 2.40. The number of aryl methyl sites for hydroxylation is 2. The number of amides is 1. The highest BCUT2D eigenvalue weighted by Gasteiger charge is 2.53. The van der Waals surface area contributed by atoms with Crippen LogP contribution in [0.3, 0.4) is 0 Å². The maximum Gasteiger partial charge on any atom is 0.339 e. The molecule has 148 valence electrons. The van der Waals surface area contributed by atoms with Gasteiger partial charge in [0.2, 0.25) is 0 Å². The Morgan fingerprint density at radius 1 is 1.14 bits per heavy atom. The molecule has 1 fully saturated rings. The molecule has 0 unspecified atom stereocenters. The predicted octanol–water partition coefficient (Wildman–Crippen LogP) is 2.37. The number of aromatic nitrogens is 4. The van der Waals surface area contributed by atoms with Crippen LogP contribution in [0.1, 0.15) is 41.5 Å². The van der Waals surface area contributed by atoms with Crippen molar-refractivity contribution in [3.05, 3.63) is 59.4 Å². The SMILES string of the molecule is CCc1nnnn1-c1cc(C(=O)OC2(C(N)=O)CC2)cc(-c2ccc(C)cc2)c1. The molecular formula is C21H21N5O3. The van der Waals surface area contributed by atoms with E-state index in [4.69, 9.17) is 10.5 Å². The van der Waals surface area contributed by atoms with Crippen molar-refractivity contribution >= 4 is 11.9 Å². The zero-order valence-corrected chi connectivity index (χ0v) is 16.3. The van der Waals surface area contributed by atoms with Crippen molar-refractivity contribution in [2.75, 3.05) is 0 Å². The summed E-state index contributed by atoms with van der Waals surface area (Å²) in [4.78, 5) is 24.4. The summed E-state index contributed by atoms with van der Waals surface area (Å²) in [6.45, 7) is 3.96. The lowest BCUT2D eigenvalue weighted by Crippen LogP contribution is -2.35. The van der Waals surface area contributed by atoms with Crippen LogP contribution in [0.25, 0.3) is 16.8 Å². The van der Waals surface area contributed by atoms with E-state index < -0.39 is 17.5 Å². The second-order valence-corrected chi connectivity index (χ2v) is 7.24. The van der Waals surface area contributed by atoms with E-state index in [1.54, 1.807) is 16.8 Å². The van der Waals surface area contributed by atoms with Gasteiger partial charge in [-0.2, -0.15) is 4.68 Å². The molecule has 0 saturated heterocycles. The average molecular weight is 391 g/mol. The van der Waals surface area contributed by atoms with Gasteiger partial charge in [-0.1, -0.05) is 36.8 Å². The van der Waals surface area contributed by atoms with Crippen molar-refractivity contribution in [2.24, 2.45) is 5.73 Å². The minimum atomic E-state index is -1.18. The monoisotopic (exact) mass is 391 g/mol. The van der Waals surface area contributed by atoms with Crippen LogP contribution >= 0.6 is 0 Å². The standard InChI is InChI=1S/C21H21N5O3/c1-3-18-23-24-25-26(18)17-11-15(14-6-4-13(2)5-7-14)10-16(12-17)19(27)29-21(8-9-21)20(22)28/h4-7,10-12H,3,8-9H2,1-2H3,(H2,22,28). The van der Waals surface area contributed by atoms with Gasteiger partial charge in [0.05, 0.1) is 11.3 Å². The number of esters is 1. The molecule has 2 aromatic carbocycles. The molecule has 0 atom stereocenters. The molecule has 0 spiro atoms. The van der Waals surface area contributed by atoms with E-state index in [0.717, 1.165) is 16.7 Å². The molecular weight excluding hydrogens is 370 g/mol. The van der Waals surface area contributed by atoms with Crippen LogP contribution in [0, 0.1) is 6.92 Å². The highest BCUT2D eigenvalue weighted by atomic mass is 16.6. The third-order valence-electron chi connectivity index (χ3n) is 5.07. The minimum Gasteiger partial charge on any atom is -0.445 e. The lowest BCUT2D eigenvalue weighted by atomic mass is 10.0. The van der Waals surface area contributed by atoms with Crippen LogP contribution in [-0.4, -0.2) is 37.7 Å². The number of ether oxygens (including phenoxy) is 1. The molecule has 1 amide bonds. The Balaban J connectivity index is 1.79. The molecule has 1 aromatic heterocycles. The van der Waals surface area contributed by atoms with Crippen molar-refractivity contribution in [3.8, 4) is 16.8 Å². The van der Waals surface area contributed by atoms with E-state index in [1.165, 1.54) is 0 Å². The number of carbonyl (C=O) groups is 2. The normalized spacial score (nSPS) is 14.4. The molecule has 2 N–H and O–H groups in total. The van der Waals surface area contributed by atoms with Crippen LogP contribution in [0.15, 0.2) is 42.5 Å². The molecule has 1 heterocycles. The fraction of sp³-hybridized carbons (Fsp3) is 0.286. The highest BCUT2D eigenvalue weighted by molar-refractivity contribution is 5.96. The maximum atomic E-state index is 12.8. The summed E-state index contributed by atoms with van der Waals surface area (Å²) in [5.41, 5.74) is 8.05. The third-order valence-corrected chi connectivity index (χ3v) is 5.07. The molecule has 8 nitrogen and oxygen atoms in total. The van der Waals surface area contributed by atoms with Crippen molar-refractivity contribution in [1.82, 2.24) is 20.2 Å². The molecule has 3 aromatic rings. The first-order valence-electron chi connectivity index (χ1n) is 9.45. The average Bonchev–Trinajstić information content (AvgIpc) is 3.35. The number of hydrogen-bond donors (Lipinski definition) is 1. The van der Waals surface area contributed by atoms with Gasteiger partial charge in [-0.15, -0.1) is 5.10 Å². The lowest BCUT2D eigenvalue weighted by molar-refractivity contribution is -0.128. The lowest BCUT2D eigenvalue weighted by Gasteiger charge is -2.15. The predicted molar refractivity (Wildman–Crippen MR) is 105 cm³/mol. The summed E-state index contributed by atoms with van der Waals surface area (Å²) in [5, 5.41) is 11.8. The Kier molecular flexibility index (Phi) is 4.62. The number of nitrogens with zero attached hydrogens (tertiary/aromatic N) is 4. The second-order valence-electron chi connectivity index (χ2n) is 7.24. The summed E-state index contributed by atoms with van der Waals surface area (Å²) >= 11 is 0. The second kappa shape index (κ2) is 7.12. The van der Waals surface area contributed by atoms with E-state index in [-0.39, 0.29) is 0 Å². The first kappa shape index (κ1) is 18.8. The van der Waals surface area contributed by atoms with Crippen molar-refractivity contribution < 1.29 is 14.3 Å². The van der Waals surface area contributed by atoms with Crippen LogP contribution in [0.4, 0.5) is 0 Å². The molecule has 1 aliphatic carbocycles. The topological polar surface area (TPSA) is 113 Å². The minimum absolute atomic E-state index is 0.308. The van der Waals surface area contributed by atoms with Gasteiger partial charge in [-0.3, -0.25) is 4.79 Å². The Labute approximate surface area is 167 Å². The smallest absolute Gasteiger partial charge is 0.339 e. The van der Waals surface area contributed by atoms with Gasteiger partial charge in [-0.05, 0) is 46.7 Å². The van der Waals surface area contributed by atoms with Gasteiger partial charge in [0, 0.05) is 19.3 Å². The van der Waals surface area contributed by atoms with E-state index in [1.807, 2.05) is 44.2 Å². The third kappa shape index (κ3) is 3.61. The quantitative estimate of drug-likeness (QED) is 0.646. The maximum absolute atomic E-state index is 12.8. The van der Waals surface area contributed by atoms with Crippen LogP contribution in [0.2, 0.25) is 0 Å². The molecule has 0 aliphatic heterocycles. The fourth-order valence-corrected chi connectivity index (χ4v) is 3.14. The number of hydrogen-bond acceptors (Lipinski definition) is 6. The zero-order valence-electron chi connectivity index (χ0n) is 16.3. The summed E-state index contributed by atoms with van der Waals surface area (Å²) in [7, 11) is 0. The molecule has 8 heteroatoms. The zero-order chi connectivity index (χ0) is 20.6. The van der Waals surface area contributed by atoms with Gasteiger partial charge < -0.3 is 10.5 Å². The Morgan fingerprint density at radius 2 is 1.86 bits per heavy atom. The summed E-state index contributed by atoms with van der Waals surface area (Å²) in [6, 6.07) is 13.3. The van der Waals surface area contributed by atoms with Crippen LogP contribution in [0.5, 0.6) is 0 Å². The van der Waals surface area contributed by atoms with Gasteiger partial charge in [0.15, 0.2) is 11.4 Å². The van der Waals surface area contributed by atoms with Crippen molar-refractivity contribution in [1.29, 1.82) is 0 Å². The van der Waals surface area contributed by atoms with E-state index in [9.17, 15) is 9.59 Å². The number of primary amides is 1. The van der Waals surface area contributed by atoms with E-state index in [2.05, 4.69) is 15.5 Å². The number of rotatable bonds is 6. The largest absolute Gasteiger partial charge is 0.445 e. The van der Waals surface area contributed by atoms with Gasteiger partial charge in [0.1, 0.15) is 0 Å². The molecule has 0 radical (unpaired) electrons. The molecule has 1 saturated carbocycles. The van der Waals surface area contributed by atoms with Gasteiger partial charge >= 0.3 is 5.97 Å². The summed E-state index contributed by atoms with van der Waals surface area (Å²) < 4.78 is 7.05. The fourth-order valence-electron chi connectivity index (χ4n) is 3.14. The summed E-state index contributed by atoms with van der Waals surface area (Å²) in [5.74, 6) is -0.543. The first-order valence-corrected chi connectivity index (χ1v) is 9.45. The molecule has 1 aliphatic rings. The number of tetrazole rings is 1. The van der Waals surface area contributed by atoms with Crippen molar-refractivity contribution in [2.45, 2.75) is 38.7 Å². The molecule has 4 rings (SSSR count). The summed E-state index contributed by atoms with van der Waals surface area (Å²) in [6.07, 6.45) is 1.53. The van der Waals surface area contributed by atoms with Crippen LogP contribution < -0.4 is 5.73 Å². The number of nitrogens with two attached hydrogens (primary N) is 1. The number of carbonyl (C=O) groups excluding carboxylic acids is 2. The Morgan fingerprint density at radius 3 is 2.48 bits per heavy atom. The van der Waals surface area contributed by atoms with Gasteiger partial charge in [-0.25, -0.2) is 4.79 Å². The molecule has 29 heavy (non-hydrogen) atoms. The van der Waals surface area contributed by atoms with Crippen molar-refractivity contribution in [3.63, 3.8) is 0 Å². The van der Waals surface area contributed by atoms with E-state index in [0.29, 0.717) is 36.3 Å². The molecule has 0 bridgehead atoms. The van der Waals surface area contributed by atoms with Gasteiger partial charge in [0.25, 0.3) is 5.91 Å². The number of benzene rings is 2. The Bertz CT molecular complexity index is 1080. The van der Waals surface area contributed by atoms with E-state index >= 15 is 0 Å². The van der Waals surface area contributed by atoms with Crippen LogP contribution in [-0.2, 0) is 16.0 Å². The first-order chi connectivity index (χ1) is 13.9. The Hall–Kier alpha value is -3.55.